The zero-order valence-corrected chi connectivity index (χ0v) is 27.4. The zero-order valence-electron chi connectivity index (χ0n) is 26.6. The second-order valence-corrected chi connectivity index (χ2v) is 11.6. The molecule has 234 valence electrons. The van der Waals surface area contributed by atoms with E-state index in [1.54, 1.807) is 30.2 Å². The summed E-state index contributed by atoms with van der Waals surface area (Å²) in [4.78, 5) is 32.6. The van der Waals surface area contributed by atoms with Crippen molar-refractivity contribution in [2.45, 2.75) is 53.2 Å². The lowest BCUT2D eigenvalue weighted by molar-refractivity contribution is 0.0689. The van der Waals surface area contributed by atoms with Gasteiger partial charge >= 0.3 is 0 Å². The predicted octanol–water partition coefficient (Wildman–Crippen LogP) is 6.42. The van der Waals surface area contributed by atoms with Gasteiger partial charge in [-0.05, 0) is 76.6 Å². The number of carbonyl (C=O) groups excluding carboxylic acids is 2. The number of benzene rings is 3. The number of aryl methyl sites for hydroxylation is 2. The fourth-order valence-electron chi connectivity index (χ4n) is 4.31. The monoisotopic (exact) mass is 616 g/mol. The van der Waals surface area contributed by atoms with E-state index >= 15 is 0 Å². The molecule has 0 bridgehead atoms. The summed E-state index contributed by atoms with van der Waals surface area (Å²) in [5.74, 6) is 0.882. The SMILES string of the molecule is COc1cccc(CNCCCNC(=O)c2cc(OC)cc(C(=O)N(Cc3nc(C)cs3)C(C)C)c2)c1.Cc1ccccc1. The van der Waals surface area contributed by atoms with Gasteiger partial charge in [0, 0.05) is 41.3 Å². The first kappa shape index (κ1) is 34.3. The Bertz CT molecular complexity index is 1470. The molecule has 0 spiro atoms. The molecule has 0 saturated heterocycles. The van der Waals surface area contributed by atoms with Gasteiger partial charge in [-0.25, -0.2) is 4.98 Å². The number of rotatable bonds is 13. The van der Waals surface area contributed by atoms with Gasteiger partial charge in [0.25, 0.3) is 11.8 Å². The van der Waals surface area contributed by atoms with Gasteiger partial charge in [0.1, 0.15) is 16.5 Å². The third-order valence-electron chi connectivity index (χ3n) is 6.73. The predicted molar refractivity (Wildman–Crippen MR) is 178 cm³/mol. The molecule has 2 amide bonds. The molecule has 0 atom stereocenters. The smallest absolute Gasteiger partial charge is 0.254 e. The summed E-state index contributed by atoms with van der Waals surface area (Å²) in [5, 5.41) is 9.16. The molecule has 0 unspecified atom stereocenters. The number of hydrogen-bond acceptors (Lipinski definition) is 7. The number of thiazole rings is 1. The minimum absolute atomic E-state index is 0.0374. The first-order valence-corrected chi connectivity index (χ1v) is 15.6. The number of nitrogens with zero attached hydrogens (tertiary/aromatic N) is 2. The fourth-order valence-corrected chi connectivity index (χ4v) is 5.08. The van der Waals surface area contributed by atoms with Crippen LogP contribution in [-0.4, -0.2) is 55.0 Å². The van der Waals surface area contributed by atoms with Crippen LogP contribution in [-0.2, 0) is 13.1 Å². The Morgan fingerprint density at radius 2 is 1.61 bits per heavy atom. The summed E-state index contributed by atoms with van der Waals surface area (Å²) in [7, 11) is 3.18. The summed E-state index contributed by atoms with van der Waals surface area (Å²) in [6, 6.07) is 23.1. The highest BCUT2D eigenvalue weighted by atomic mass is 32.1. The average Bonchev–Trinajstić information content (AvgIpc) is 3.45. The molecule has 0 radical (unpaired) electrons. The molecular formula is C35H44N4O4S. The molecule has 4 aromatic rings. The number of hydrogen-bond donors (Lipinski definition) is 2. The summed E-state index contributed by atoms with van der Waals surface area (Å²) >= 11 is 1.53. The van der Waals surface area contributed by atoms with Crippen LogP contribution in [0.25, 0.3) is 0 Å². The van der Waals surface area contributed by atoms with E-state index in [1.165, 1.54) is 24.0 Å². The fraction of sp³-hybridized carbons (Fsp3) is 0.343. The number of carbonyl (C=O) groups is 2. The van der Waals surface area contributed by atoms with E-state index < -0.39 is 0 Å². The highest BCUT2D eigenvalue weighted by Gasteiger charge is 2.22. The van der Waals surface area contributed by atoms with Crippen LogP contribution >= 0.6 is 11.3 Å². The van der Waals surface area contributed by atoms with Crippen LogP contribution < -0.4 is 20.1 Å². The maximum atomic E-state index is 13.4. The van der Waals surface area contributed by atoms with Crippen molar-refractivity contribution in [3.63, 3.8) is 0 Å². The maximum Gasteiger partial charge on any atom is 0.254 e. The van der Waals surface area contributed by atoms with Gasteiger partial charge < -0.3 is 25.0 Å². The van der Waals surface area contributed by atoms with E-state index in [0.29, 0.717) is 30.0 Å². The molecule has 8 nitrogen and oxygen atoms in total. The molecule has 0 saturated carbocycles. The number of nitrogens with one attached hydrogen (secondary N) is 2. The molecule has 2 N–H and O–H groups in total. The van der Waals surface area contributed by atoms with Gasteiger partial charge in [0.15, 0.2) is 0 Å². The van der Waals surface area contributed by atoms with Crippen molar-refractivity contribution in [2.75, 3.05) is 27.3 Å². The van der Waals surface area contributed by atoms with Crippen molar-refractivity contribution < 1.29 is 19.1 Å². The van der Waals surface area contributed by atoms with Crippen LogP contribution in [0.4, 0.5) is 0 Å². The Hall–Kier alpha value is -4.21. The lowest BCUT2D eigenvalue weighted by atomic mass is 10.1. The van der Waals surface area contributed by atoms with E-state index in [0.717, 1.165) is 41.5 Å². The molecule has 4 rings (SSSR count). The Morgan fingerprint density at radius 3 is 2.23 bits per heavy atom. The maximum absolute atomic E-state index is 13.4. The third-order valence-corrected chi connectivity index (χ3v) is 7.68. The van der Waals surface area contributed by atoms with E-state index in [1.807, 2.05) is 68.6 Å². The zero-order chi connectivity index (χ0) is 31.9. The van der Waals surface area contributed by atoms with Crippen molar-refractivity contribution in [3.8, 4) is 11.5 Å². The molecule has 3 aromatic carbocycles. The molecule has 1 aromatic heterocycles. The van der Waals surface area contributed by atoms with E-state index in [4.69, 9.17) is 9.47 Å². The third kappa shape index (κ3) is 11.1. The van der Waals surface area contributed by atoms with Crippen molar-refractivity contribution in [1.82, 2.24) is 20.5 Å². The molecule has 0 aliphatic heterocycles. The topological polar surface area (TPSA) is 92.8 Å². The van der Waals surface area contributed by atoms with Crippen LogP contribution in [0.1, 0.15) is 62.8 Å². The summed E-state index contributed by atoms with van der Waals surface area (Å²) in [6.45, 7) is 10.3. The first-order chi connectivity index (χ1) is 21.2. The molecular weight excluding hydrogens is 572 g/mol. The Morgan fingerprint density at radius 1 is 0.886 bits per heavy atom. The highest BCUT2D eigenvalue weighted by Crippen LogP contribution is 2.22. The lowest BCUT2D eigenvalue weighted by Gasteiger charge is -2.26. The number of amides is 2. The summed E-state index contributed by atoms with van der Waals surface area (Å²) in [6.07, 6.45) is 0.764. The second-order valence-electron chi connectivity index (χ2n) is 10.7. The van der Waals surface area contributed by atoms with Crippen LogP contribution in [0.15, 0.2) is 78.2 Å². The van der Waals surface area contributed by atoms with Gasteiger partial charge in [-0.1, -0.05) is 48.0 Å². The minimum Gasteiger partial charge on any atom is -0.497 e. The molecule has 44 heavy (non-hydrogen) atoms. The van der Waals surface area contributed by atoms with Crippen LogP contribution in [0.5, 0.6) is 11.5 Å². The van der Waals surface area contributed by atoms with Crippen LogP contribution in [0.2, 0.25) is 0 Å². The number of ether oxygens (including phenoxy) is 2. The molecule has 0 fully saturated rings. The normalized spacial score (nSPS) is 10.5. The first-order valence-electron chi connectivity index (χ1n) is 14.7. The van der Waals surface area contributed by atoms with Crippen molar-refractivity contribution >= 4 is 23.2 Å². The number of aromatic nitrogens is 1. The van der Waals surface area contributed by atoms with Gasteiger partial charge in [-0.15, -0.1) is 11.3 Å². The molecule has 0 aliphatic rings. The van der Waals surface area contributed by atoms with Crippen LogP contribution in [0.3, 0.4) is 0 Å². The van der Waals surface area contributed by atoms with Crippen molar-refractivity contribution in [1.29, 1.82) is 0 Å². The number of methoxy groups -OCH3 is 2. The van der Waals surface area contributed by atoms with E-state index in [9.17, 15) is 9.59 Å². The van der Waals surface area contributed by atoms with Crippen molar-refractivity contribution in [2.24, 2.45) is 0 Å². The second kappa shape index (κ2) is 17.8. The summed E-state index contributed by atoms with van der Waals surface area (Å²) in [5.41, 5.74) is 4.19. The van der Waals surface area contributed by atoms with E-state index in [-0.39, 0.29) is 17.9 Å². The Balaban J connectivity index is 0.000000662. The van der Waals surface area contributed by atoms with Crippen molar-refractivity contribution in [3.05, 3.63) is 111 Å². The summed E-state index contributed by atoms with van der Waals surface area (Å²) < 4.78 is 10.6. The molecule has 0 aliphatic carbocycles. The quantitative estimate of drug-likeness (QED) is 0.168. The minimum atomic E-state index is -0.243. The average molecular weight is 617 g/mol. The Kier molecular flexibility index (Phi) is 13.9. The highest BCUT2D eigenvalue weighted by molar-refractivity contribution is 7.09. The van der Waals surface area contributed by atoms with Gasteiger partial charge in [0.05, 0.1) is 20.8 Å². The van der Waals surface area contributed by atoms with Crippen LogP contribution in [0, 0.1) is 13.8 Å². The largest absolute Gasteiger partial charge is 0.497 e. The van der Waals surface area contributed by atoms with Gasteiger partial charge in [-0.2, -0.15) is 0 Å². The standard InChI is InChI=1S/C28H36N4O4S.C7H8/c1-19(2)32(17-26-31-20(3)18-37-26)28(34)23-13-22(14-25(15-23)36-5)27(33)30-11-7-10-29-16-21-8-6-9-24(12-21)35-4;1-7-5-3-2-4-6-7/h6,8-9,12-15,18-19,29H,7,10-11,16-17H2,1-5H3,(H,30,33);2-6H,1H3. The lowest BCUT2D eigenvalue weighted by Crippen LogP contribution is -2.36. The Labute approximate surface area is 265 Å². The van der Waals surface area contributed by atoms with Gasteiger partial charge in [0.2, 0.25) is 0 Å². The molecule has 9 heteroatoms. The van der Waals surface area contributed by atoms with Gasteiger partial charge in [-0.3, -0.25) is 9.59 Å². The van der Waals surface area contributed by atoms with E-state index in [2.05, 4.69) is 34.7 Å². The molecule has 1 heterocycles.